The van der Waals surface area contributed by atoms with Crippen LogP contribution in [0.4, 0.5) is 0 Å². The summed E-state index contributed by atoms with van der Waals surface area (Å²) >= 11 is 7.47. The molecular weight excluding hydrogens is 360 g/mol. The van der Waals surface area contributed by atoms with Gasteiger partial charge in [0.2, 0.25) is 0 Å². The fourth-order valence-electron chi connectivity index (χ4n) is 1.78. The van der Waals surface area contributed by atoms with Crippen molar-refractivity contribution in [2.24, 2.45) is 21.7 Å². The molecule has 2 aromatic carbocycles. The molecule has 0 aliphatic rings. The third-order valence-electron chi connectivity index (χ3n) is 2.92. The minimum atomic E-state index is -0.570. The Morgan fingerprint density at radius 3 is 2.64 bits per heavy atom. The van der Waals surface area contributed by atoms with Crippen molar-refractivity contribution in [3.05, 3.63) is 64.7 Å². The molecule has 130 valence electrons. The van der Waals surface area contributed by atoms with Gasteiger partial charge in [0.05, 0.1) is 11.2 Å². The number of ether oxygens (including phenoxy) is 1. The lowest BCUT2D eigenvalue weighted by Gasteiger charge is -2.06. The topological polar surface area (TPSA) is 103 Å². The van der Waals surface area contributed by atoms with E-state index in [9.17, 15) is 4.79 Å². The summed E-state index contributed by atoms with van der Waals surface area (Å²) in [6.45, 7) is -0.230. The number of halogens is 1. The van der Waals surface area contributed by atoms with Gasteiger partial charge in [-0.2, -0.15) is 5.10 Å². The Hall–Kier alpha value is -2.51. The third kappa shape index (κ3) is 6.86. The van der Waals surface area contributed by atoms with Crippen molar-refractivity contribution < 1.29 is 9.53 Å². The Kier molecular flexibility index (Phi) is 7.31. The van der Waals surface area contributed by atoms with Crippen LogP contribution in [-0.2, 0) is 10.5 Å². The first-order chi connectivity index (χ1) is 12.0. The van der Waals surface area contributed by atoms with E-state index in [1.807, 2.05) is 30.3 Å². The van der Waals surface area contributed by atoms with Gasteiger partial charge in [-0.25, -0.2) is 0 Å². The molecule has 0 saturated carbocycles. The van der Waals surface area contributed by atoms with Crippen LogP contribution in [0.3, 0.4) is 0 Å². The number of rotatable bonds is 7. The molecule has 0 heterocycles. The van der Waals surface area contributed by atoms with Gasteiger partial charge in [0.25, 0.3) is 5.91 Å². The number of hydrogen-bond acceptors (Lipinski definition) is 5. The van der Waals surface area contributed by atoms with E-state index in [2.05, 4.69) is 10.2 Å². The molecule has 0 aliphatic heterocycles. The predicted octanol–water partition coefficient (Wildman–Crippen LogP) is 2.79. The van der Waals surface area contributed by atoms with E-state index in [-0.39, 0.29) is 6.61 Å². The number of nitrogens with zero attached hydrogens (tertiary/aromatic N) is 2. The lowest BCUT2D eigenvalue weighted by molar-refractivity contribution is -0.119. The second-order valence-corrected chi connectivity index (χ2v) is 6.30. The van der Waals surface area contributed by atoms with E-state index in [0.29, 0.717) is 15.9 Å². The van der Waals surface area contributed by atoms with Gasteiger partial charge in [-0.05, 0) is 29.3 Å². The van der Waals surface area contributed by atoms with Crippen molar-refractivity contribution in [2.45, 2.75) is 5.75 Å². The summed E-state index contributed by atoms with van der Waals surface area (Å²) in [6, 6.07) is 15.0. The van der Waals surface area contributed by atoms with Crippen LogP contribution in [0, 0.1) is 0 Å². The normalized spacial score (nSPS) is 11.6. The van der Waals surface area contributed by atoms with Crippen LogP contribution in [-0.4, -0.2) is 23.9 Å². The molecule has 0 bridgehead atoms. The summed E-state index contributed by atoms with van der Waals surface area (Å²) in [5.41, 5.74) is 12.7. The van der Waals surface area contributed by atoms with E-state index in [4.69, 9.17) is 27.8 Å². The average Bonchev–Trinajstić information content (AvgIpc) is 2.60. The molecule has 25 heavy (non-hydrogen) atoms. The molecule has 0 fully saturated rings. The van der Waals surface area contributed by atoms with Gasteiger partial charge in [-0.3, -0.25) is 4.79 Å². The van der Waals surface area contributed by atoms with Crippen LogP contribution in [0.25, 0.3) is 0 Å². The van der Waals surface area contributed by atoms with Gasteiger partial charge in [0, 0.05) is 5.75 Å². The molecule has 0 saturated heterocycles. The standard InChI is InChI=1S/C17H17ClN4O2S/c18-14-8-13(6-7-15(14)24-10-16(19)23)9-21-22-17(20)25-11-12-4-2-1-3-5-12/h1-9H,10-11H2,(H2,19,23)(H2,20,22). The SMILES string of the molecule is NC(=O)COc1ccc(C=NN=C(N)SCc2ccccc2)cc1Cl. The smallest absolute Gasteiger partial charge is 0.255 e. The summed E-state index contributed by atoms with van der Waals surface area (Å²) in [7, 11) is 0. The molecule has 0 spiro atoms. The molecule has 0 atom stereocenters. The average molecular weight is 377 g/mol. The lowest BCUT2D eigenvalue weighted by Crippen LogP contribution is -2.20. The largest absolute Gasteiger partial charge is 0.482 e. The second kappa shape index (κ2) is 9.71. The van der Waals surface area contributed by atoms with Crippen LogP contribution in [0.1, 0.15) is 11.1 Å². The van der Waals surface area contributed by atoms with Crippen molar-refractivity contribution >= 4 is 40.7 Å². The van der Waals surface area contributed by atoms with Crippen molar-refractivity contribution in [3.63, 3.8) is 0 Å². The van der Waals surface area contributed by atoms with E-state index >= 15 is 0 Å². The minimum Gasteiger partial charge on any atom is -0.482 e. The highest BCUT2D eigenvalue weighted by molar-refractivity contribution is 8.13. The summed E-state index contributed by atoms with van der Waals surface area (Å²) < 4.78 is 5.17. The maximum Gasteiger partial charge on any atom is 0.255 e. The molecule has 8 heteroatoms. The number of carbonyl (C=O) groups is 1. The van der Waals surface area contributed by atoms with Crippen molar-refractivity contribution in [3.8, 4) is 5.75 Å². The van der Waals surface area contributed by atoms with E-state index in [1.54, 1.807) is 18.2 Å². The number of amides is 1. The Morgan fingerprint density at radius 2 is 1.96 bits per heavy atom. The molecule has 0 unspecified atom stereocenters. The van der Waals surface area contributed by atoms with Gasteiger partial charge in [-0.1, -0.05) is 53.7 Å². The highest BCUT2D eigenvalue weighted by atomic mass is 35.5. The molecule has 2 aromatic rings. The van der Waals surface area contributed by atoms with Gasteiger partial charge < -0.3 is 16.2 Å². The zero-order valence-electron chi connectivity index (χ0n) is 13.3. The summed E-state index contributed by atoms with van der Waals surface area (Å²) in [6.07, 6.45) is 1.53. The Balaban J connectivity index is 1.89. The molecule has 2 rings (SSSR count). The lowest BCUT2D eigenvalue weighted by atomic mass is 10.2. The van der Waals surface area contributed by atoms with Gasteiger partial charge in [-0.15, -0.1) is 5.10 Å². The maximum atomic E-state index is 10.7. The van der Waals surface area contributed by atoms with Crippen molar-refractivity contribution in [1.82, 2.24) is 0 Å². The Morgan fingerprint density at radius 1 is 1.20 bits per heavy atom. The zero-order valence-corrected chi connectivity index (χ0v) is 14.8. The molecular formula is C17H17ClN4O2S. The highest BCUT2D eigenvalue weighted by Gasteiger charge is 2.04. The third-order valence-corrected chi connectivity index (χ3v) is 4.07. The quantitative estimate of drug-likeness (QED) is 0.440. The van der Waals surface area contributed by atoms with Gasteiger partial charge >= 0.3 is 0 Å². The van der Waals surface area contributed by atoms with E-state index < -0.39 is 5.91 Å². The predicted molar refractivity (Wildman–Crippen MR) is 103 cm³/mol. The first-order valence-electron chi connectivity index (χ1n) is 7.28. The maximum absolute atomic E-state index is 10.7. The van der Waals surface area contributed by atoms with E-state index in [0.717, 1.165) is 16.9 Å². The fourth-order valence-corrected chi connectivity index (χ4v) is 2.63. The van der Waals surface area contributed by atoms with Gasteiger partial charge in [0.1, 0.15) is 5.75 Å². The number of hydrogen-bond donors (Lipinski definition) is 2. The first-order valence-corrected chi connectivity index (χ1v) is 8.65. The summed E-state index contributed by atoms with van der Waals surface area (Å²) in [5, 5.41) is 8.60. The summed E-state index contributed by atoms with van der Waals surface area (Å²) in [5.74, 6) is 0.530. The van der Waals surface area contributed by atoms with Crippen LogP contribution < -0.4 is 16.2 Å². The molecule has 4 N–H and O–H groups in total. The monoisotopic (exact) mass is 376 g/mol. The Bertz CT molecular complexity index is 781. The van der Waals surface area contributed by atoms with Crippen LogP contribution >= 0.6 is 23.4 Å². The number of nitrogens with two attached hydrogens (primary N) is 2. The number of benzene rings is 2. The van der Waals surface area contributed by atoms with Crippen molar-refractivity contribution in [1.29, 1.82) is 0 Å². The second-order valence-electron chi connectivity index (χ2n) is 4.90. The van der Waals surface area contributed by atoms with E-state index in [1.165, 1.54) is 18.0 Å². The van der Waals surface area contributed by atoms with Gasteiger partial charge in [0.15, 0.2) is 11.8 Å². The molecule has 6 nitrogen and oxygen atoms in total. The fraction of sp³-hybridized carbons (Fsp3) is 0.118. The number of primary amides is 1. The molecule has 0 aliphatic carbocycles. The van der Waals surface area contributed by atoms with Crippen molar-refractivity contribution in [2.75, 3.05) is 6.61 Å². The molecule has 0 aromatic heterocycles. The van der Waals surface area contributed by atoms with Crippen LogP contribution in [0.2, 0.25) is 5.02 Å². The Labute approximate surface area is 154 Å². The summed E-state index contributed by atoms with van der Waals surface area (Å²) in [4.78, 5) is 10.7. The number of thioether (sulfide) groups is 1. The molecule has 0 radical (unpaired) electrons. The zero-order chi connectivity index (χ0) is 18.1. The number of amidine groups is 1. The first kappa shape index (κ1) is 18.8. The molecule has 1 amide bonds. The van der Waals surface area contributed by atoms with Crippen LogP contribution in [0.5, 0.6) is 5.75 Å². The van der Waals surface area contributed by atoms with Crippen LogP contribution in [0.15, 0.2) is 58.7 Å². The number of carbonyl (C=O) groups excluding carboxylic acids is 1. The minimum absolute atomic E-state index is 0.230. The highest BCUT2D eigenvalue weighted by Crippen LogP contribution is 2.24.